The molecule has 2 amide bonds. The van der Waals surface area contributed by atoms with Gasteiger partial charge in [-0.25, -0.2) is 0 Å². The third kappa shape index (κ3) is 3.53. The molecule has 0 bridgehead atoms. The average molecular weight is 390 g/mol. The first-order chi connectivity index (χ1) is 14.0. The number of benzene rings is 2. The van der Waals surface area contributed by atoms with Gasteiger partial charge in [-0.05, 0) is 48.1 Å². The summed E-state index contributed by atoms with van der Waals surface area (Å²) in [6, 6.07) is 15.6. The molecule has 29 heavy (non-hydrogen) atoms. The summed E-state index contributed by atoms with van der Waals surface area (Å²) in [5.74, 6) is 0.689. The van der Waals surface area contributed by atoms with E-state index in [9.17, 15) is 9.59 Å². The molecule has 2 aliphatic rings. The van der Waals surface area contributed by atoms with Gasteiger partial charge in [0.25, 0.3) is 11.8 Å². The first-order valence-electron chi connectivity index (χ1n) is 10.1. The summed E-state index contributed by atoms with van der Waals surface area (Å²) in [5, 5.41) is 0. The van der Waals surface area contributed by atoms with Gasteiger partial charge in [0.2, 0.25) is 0 Å². The smallest absolute Gasteiger partial charge is 0.277 e. The van der Waals surface area contributed by atoms with E-state index in [0.29, 0.717) is 23.8 Å². The summed E-state index contributed by atoms with van der Waals surface area (Å²) in [5.41, 5.74) is 3.89. The van der Waals surface area contributed by atoms with E-state index in [2.05, 4.69) is 19.9 Å². The molecule has 5 heteroatoms. The molecular weight excluding hydrogens is 364 g/mol. The van der Waals surface area contributed by atoms with Crippen LogP contribution in [0, 0.1) is 5.92 Å². The monoisotopic (exact) mass is 390 g/mol. The molecule has 0 saturated heterocycles. The number of imide groups is 1. The largest absolute Gasteiger partial charge is 0.493 e. The van der Waals surface area contributed by atoms with Gasteiger partial charge in [0, 0.05) is 19.3 Å². The molecule has 0 aromatic heterocycles. The Balaban J connectivity index is 1.76. The minimum absolute atomic E-state index is 0.248. The molecule has 0 atom stereocenters. The maximum Gasteiger partial charge on any atom is 0.277 e. The van der Waals surface area contributed by atoms with Crippen molar-refractivity contribution in [1.29, 1.82) is 0 Å². The van der Waals surface area contributed by atoms with Crippen LogP contribution in [0.15, 0.2) is 54.2 Å². The fraction of sp³-hybridized carbons (Fsp3) is 0.333. The third-order valence-corrected chi connectivity index (χ3v) is 5.37. The van der Waals surface area contributed by atoms with Crippen LogP contribution < -0.4 is 9.64 Å². The van der Waals surface area contributed by atoms with Crippen molar-refractivity contribution in [2.24, 2.45) is 5.92 Å². The van der Waals surface area contributed by atoms with Crippen molar-refractivity contribution in [2.75, 3.05) is 25.1 Å². The van der Waals surface area contributed by atoms with E-state index < -0.39 is 0 Å². The van der Waals surface area contributed by atoms with Gasteiger partial charge in [0.15, 0.2) is 0 Å². The highest BCUT2D eigenvalue weighted by Crippen LogP contribution is 2.37. The highest BCUT2D eigenvalue weighted by atomic mass is 16.5. The Hall–Kier alpha value is -3.08. The minimum Gasteiger partial charge on any atom is -0.493 e. The third-order valence-electron chi connectivity index (χ3n) is 5.37. The lowest BCUT2D eigenvalue weighted by molar-refractivity contribution is -0.135. The van der Waals surface area contributed by atoms with Crippen LogP contribution in [-0.2, 0) is 16.0 Å². The van der Waals surface area contributed by atoms with Gasteiger partial charge in [-0.3, -0.25) is 14.5 Å². The number of amides is 2. The van der Waals surface area contributed by atoms with Gasteiger partial charge >= 0.3 is 0 Å². The molecule has 0 saturated carbocycles. The number of nitrogens with zero attached hydrogens (tertiary/aromatic N) is 2. The van der Waals surface area contributed by atoms with Gasteiger partial charge < -0.3 is 9.64 Å². The summed E-state index contributed by atoms with van der Waals surface area (Å²) in [6.07, 6.45) is 1.93. The van der Waals surface area contributed by atoms with Gasteiger partial charge in [0.05, 0.1) is 12.2 Å². The molecule has 5 nitrogen and oxygen atoms in total. The highest BCUT2D eigenvalue weighted by Gasteiger charge is 2.40. The Morgan fingerprint density at radius 2 is 1.72 bits per heavy atom. The van der Waals surface area contributed by atoms with Crippen molar-refractivity contribution < 1.29 is 14.3 Å². The van der Waals surface area contributed by atoms with Crippen LogP contribution in [0.25, 0.3) is 5.57 Å². The van der Waals surface area contributed by atoms with Crippen molar-refractivity contribution in [2.45, 2.75) is 26.7 Å². The van der Waals surface area contributed by atoms with Crippen LogP contribution in [0.2, 0.25) is 0 Å². The average Bonchev–Trinajstić information content (AvgIpc) is 2.96. The van der Waals surface area contributed by atoms with Crippen LogP contribution in [-0.4, -0.2) is 36.9 Å². The molecule has 0 unspecified atom stereocenters. The molecular formula is C24H26N2O3. The van der Waals surface area contributed by atoms with Crippen molar-refractivity contribution in [3.8, 4) is 5.75 Å². The number of likely N-dealkylation sites (N-methyl/N-ethyl adjacent to an activating group) is 1. The van der Waals surface area contributed by atoms with Crippen molar-refractivity contribution in [3.05, 3.63) is 65.4 Å². The van der Waals surface area contributed by atoms with Crippen molar-refractivity contribution in [3.63, 3.8) is 0 Å². The van der Waals surface area contributed by atoms with Gasteiger partial charge in [0.1, 0.15) is 11.4 Å². The van der Waals surface area contributed by atoms with E-state index in [1.54, 1.807) is 7.05 Å². The Kier molecular flexibility index (Phi) is 5.14. The Morgan fingerprint density at radius 1 is 1.00 bits per heavy atom. The van der Waals surface area contributed by atoms with E-state index >= 15 is 0 Å². The van der Waals surface area contributed by atoms with E-state index in [0.717, 1.165) is 36.4 Å². The maximum absolute atomic E-state index is 13.0. The number of carbonyl (C=O) groups is 2. The van der Waals surface area contributed by atoms with Gasteiger partial charge in [-0.1, -0.05) is 44.2 Å². The first-order valence-corrected chi connectivity index (χ1v) is 10.1. The van der Waals surface area contributed by atoms with Crippen molar-refractivity contribution >= 4 is 23.1 Å². The Morgan fingerprint density at radius 3 is 2.45 bits per heavy atom. The molecule has 150 valence electrons. The fourth-order valence-corrected chi connectivity index (χ4v) is 3.88. The number of rotatable bonds is 5. The van der Waals surface area contributed by atoms with E-state index in [-0.39, 0.29) is 11.8 Å². The molecule has 0 spiro atoms. The lowest BCUT2D eigenvalue weighted by atomic mass is 9.98. The molecule has 2 aromatic rings. The summed E-state index contributed by atoms with van der Waals surface area (Å²) < 4.78 is 5.76. The zero-order valence-electron chi connectivity index (χ0n) is 17.1. The van der Waals surface area contributed by atoms with Crippen LogP contribution in [0.1, 0.15) is 31.4 Å². The first kappa shape index (κ1) is 19.2. The molecule has 2 aromatic carbocycles. The molecule has 4 rings (SSSR count). The number of hydrogen-bond acceptors (Lipinski definition) is 4. The number of fused-ring (bicyclic) bond motifs is 1. The number of carbonyl (C=O) groups excluding carboxylic acids is 2. The van der Waals surface area contributed by atoms with Crippen molar-refractivity contribution in [1.82, 2.24) is 4.90 Å². The lowest BCUT2D eigenvalue weighted by Crippen LogP contribution is -2.35. The Bertz CT molecular complexity index is 976. The topological polar surface area (TPSA) is 49.9 Å². The standard InChI is InChI=1S/C24H26N2O3/c1-16(2)15-29-19-12-10-18(11-13-19)21-22(24(28)25(3)23(21)27)26-14-6-8-17-7-4-5-9-20(17)26/h4-5,7,9-13,16H,6,8,14-15H2,1-3H3. The second-order valence-corrected chi connectivity index (χ2v) is 8.01. The van der Waals surface area contributed by atoms with Gasteiger partial charge in [-0.2, -0.15) is 0 Å². The number of anilines is 1. The number of hydrogen-bond donors (Lipinski definition) is 0. The SMILES string of the molecule is CC(C)COc1ccc(C2=C(N3CCCc4ccccc43)C(=O)N(C)C2=O)cc1. The van der Waals surface area contributed by atoms with Gasteiger partial charge in [-0.15, -0.1) is 0 Å². The molecule has 0 aliphatic carbocycles. The van der Waals surface area contributed by atoms with E-state index in [1.165, 1.54) is 10.5 Å². The zero-order chi connectivity index (χ0) is 20.5. The fourth-order valence-electron chi connectivity index (χ4n) is 3.88. The zero-order valence-corrected chi connectivity index (χ0v) is 17.1. The summed E-state index contributed by atoms with van der Waals surface area (Å²) in [6.45, 7) is 5.55. The number of aryl methyl sites for hydroxylation is 1. The van der Waals surface area contributed by atoms with E-state index in [1.807, 2.05) is 47.4 Å². The van der Waals surface area contributed by atoms with E-state index in [4.69, 9.17) is 4.74 Å². The quantitative estimate of drug-likeness (QED) is 0.727. The number of para-hydroxylation sites is 1. The predicted octanol–water partition coefficient (Wildman–Crippen LogP) is 3.88. The predicted molar refractivity (Wildman–Crippen MR) is 114 cm³/mol. The Labute approximate surface area is 171 Å². The molecule has 0 fully saturated rings. The number of ether oxygens (including phenoxy) is 1. The van der Waals surface area contributed by atoms with Crippen LogP contribution >= 0.6 is 0 Å². The lowest BCUT2D eigenvalue weighted by Gasteiger charge is -2.31. The molecule has 2 aliphatic heterocycles. The second-order valence-electron chi connectivity index (χ2n) is 8.01. The van der Waals surface area contributed by atoms with Crippen LogP contribution in [0.4, 0.5) is 5.69 Å². The maximum atomic E-state index is 13.0. The minimum atomic E-state index is -0.260. The second kappa shape index (κ2) is 7.74. The summed E-state index contributed by atoms with van der Waals surface area (Å²) in [4.78, 5) is 29.2. The van der Waals surface area contributed by atoms with Crippen LogP contribution in [0.5, 0.6) is 5.75 Å². The summed E-state index contributed by atoms with van der Waals surface area (Å²) >= 11 is 0. The highest BCUT2D eigenvalue weighted by molar-refractivity contribution is 6.36. The summed E-state index contributed by atoms with van der Waals surface area (Å²) in [7, 11) is 1.55. The molecule has 0 radical (unpaired) electrons. The van der Waals surface area contributed by atoms with Crippen LogP contribution in [0.3, 0.4) is 0 Å². The molecule has 0 N–H and O–H groups in total. The molecule has 2 heterocycles. The normalized spacial score (nSPS) is 16.7.